The van der Waals surface area contributed by atoms with Gasteiger partial charge in [0, 0.05) is 24.8 Å². The number of benzene rings is 2. The van der Waals surface area contributed by atoms with E-state index in [0.717, 1.165) is 5.56 Å². The lowest BCUT2D eigenvalue weighted by molar-refractivity contribution is 0.0943. The van der Waals surface area contributed by atoms with Crippen molar-refractivity contribution in [1.29, 1.82) is 0 Å². The molecule has 27 heavy (non-hydrogen) atoms. The normalized spacial score (nSPS) is 10.4. The smallest absolute Gasteiger partial charge is 0.272 e. The minimum absolute atomic E-state index is 0.135. The molecule has 0 atom stereocenters. The van der Waals surface area contributed by atoms with Crippen molar-refractivity contribution in [2.75, 3.05) is 6.54 Å². The quantitative estimate of drug-likeness (QED) is 0.687. The molecule has 2 aromatic carbocycles. The third-order valence-electron chi connectivity index (χ3n) is 3.90. The van der Waals surface area contributed by atoms with Crippen molar-refractivity contribution in [2.24, 2.45) is 0 Å². The number of aromatic nitrogens is 2. The number of nitrogens with one attached hydrogen (secondary N) is 2. The van der Waals surface area contributed by atoms with Crippen LogP contribution in [0.1, 0.15) is 33.3 Å². The van der Waals surface area contributed by atoms with Gasteiger partial charge in [-0.2, -0.15) is 5.10 Å². The summed E-state index contributed by atoms with van der Waals surface area (Å²) < 4.78 is 1.56. The Morgan fingerprint density at radius 1 is 1.04 bits per heavy atom. The second kappa shape index (κ2) is 8.51. The van der Waals surface area contributed by atoms with E-state index in [4.69, 9.17) is 11.6 Å². The van der Waals surface area contributed by atoms with Crippen LogP contribution in [0.2, 0.25) is 5.02 Å². The van der Waals surface area contributed by atoms with E-state index in [0.29, 0.717) is 29.4 Å². The highest BCUT2D eigenvalue weighted by Crippen LogP contribution is 2.19. The molecule has 0 fully saturated rings. The number of carbonyl (C=O) groups is 2. The van der Waals surface area contributed by atoms with Crippen molar-refractivity contribution in [2.45, 2.75) is 13.5 Å². The molecule has 2 amide bonds. The first-order chi connectivity index (χ1) is 13.1. The molecule has 1 heterocycles. The van der Waals surface area contributed by atoms with E-state index in [1.807, 2.05) is 31.2 Å². The maximum absolute atomic E-state index is 12.4. The molecular formula is C20H19ClN4O2. The number of halogens is 1. The summed E-state index contributed by atoms with van der Waals surface area (Å²) in [7, 11) is 0. The Morgan fingerprint density at radius 3 is 2.63 bits per heavy atom. The summed E-state index contributed by atoms with van der Waals surface area (Å²) in [5.41, 5.74) is 2.38. The zero-order valence-electron chi connectivity index (χ0n) is 14.8. The average molecular weight is 383 g/mol. The first kappa shape index (κ1) is 18.7. The van der Waals surface area contributed by atoms with E-state index in [2.05, 4.69) is 15.7 Å². The number of hydrogen-bond acceptors (Lipinski definition) is 3. The van der Waals surface area contributed by atoms with Crippen LogP contribution in [0, 0.1) is 0 Å². The highest BCUT2D eigenvalue weighted by molar-refractivity contribution is 6.32. The van der Waals surface area contributed by atoms with Gasteiger partial charge in [-0.15, -0.1) is 0 Å². The van der Waals surface area contributed by atoms with Crippen molar-refractivity contribution in [1.82, 2.24) is 20.4 Å². The van der Waals surface area contributed by atoms with Gasteiger partial charge in [-0.05, 0) is 42.8 Å². The molecule has 2 N–H and O–H groups in total. The fourth-order valence-electron chi connectivity index (χ4n) is 2.57. The zero-order valence-corrected chi connectivity index (χ0v) is 15.5. The van der Waals surface area contributed by atoms with Gasteiger partial charge in [0.15, 0.2) is 5.69 Å². The summed E-state index contributed by atoms with van der Waals surface area (Å²) in [5, 5.41) is 10.4. The molecule has 0 radical (unpaired) electrons. The van der Waals surface area contributed by atoms with Gasteiger partial charge in [0.2, 0.25) is 0 Å². The van der Waals surface area contributed by atoms with Gasteiger partial charge in [-0.1, -0.05) is 35.9 Å². The number of rotatable bonds is 6. The van der Waals surface area contributed by atoms with Crippen molar-refractivity contribution in [3.63, 3.8) is 0 Å². The van der Waals surface area contributed by atoms with E-state index in [9.17, 15) is 9.59 Å². The molecule has 0 aliphatic heterocycles. The molecule has 6 nitrogen and oxygen atoms in total. The predicted molar refractivity (Wildman–Crippen MR) is 104 cm³/mol. The van der Waals surface area contributed by atoms with Crippen LogP contribution in [-0.2, 0) is 6.54 Å². The highest BCUT2D eigenvalue weighted by atomic mass is 35.5. The topological polar surface area (TPSA) is 76.0 Å². The summed E-state index contributed by atoms with van der Waals surface area (Å²) in [6.07, 6.45) is 1.69. The lowest BCUT2D eigenvalue weighted by Gasteiger charge is -2.07. The van der Waals surface area contributed by atoms with Crippen LogP contribution in [0.25, 0.3) is 5.69 Å². The first-order valence-electron chi connectivity index (χ1n) is 8.54. The zero-order chi connectivity index (χ0) is 19.2. The molecule has 0 saturated carbocycles. The van der Waals surface area contributed by atoms with Gasteiger partial charge >= 0.3 is 0 Å². The van der Waals surface area contributed by atoms with Gasteiger partial charge in [0.25, 0.3) is 11.8 Å². The Hall–Kier alpha value is -3.12. The van der Waals surface area contributed by atoms with Gasteiger partial charge in [-0.3, -0.25) is 9.59 Å². The molecule has 3 aromatic rings. The first-order valence-corrected chi connectivity index (χ1v) is 8.92. The molecule has 0 saturated heterocycles. The Bertz CT molecular complexity index is 968. The standard InChI is InChI=1S/C20H19ClN4O2/c1-2-22-19(26)15-7-5-6-14(12-15)13-23-20(27)17-10-11-25(24-17)18-9-4-3-8-16(18)21/h3-12H,2,13H2,1H3,(H,22,26)(H,23,27). The van der Waals surface area contributed by atoms with Crippen LogP contribution in [0.5, 0.6) is 0 Å². The Balaban J connectivity index is 1.66. The summed E-state index contributed by atoms with van der Waals surface area (Å²) in [5.74, 6) is -0.437. The summed E-state index contributed by atoms with van der Waals surface area (Å²) in [6, 6.07) is 16.0. The molecule has 1 aromatic heterocycles. The van der Waals surface area contributed by atoms with Crippen molar-refractivity contribution >= 4 is 23.4 Å². The third-order valence-corrected chi connectivity index (χ3v) is 4.22. The maximum Gasteiger partial charge on any atom is 0.272 e. The number of amides is 2. The molecule has 0 aliphatic carbocycles. The second-order valence-corrected chi connectivity index (χ2v) is 6.25. The fraction of sp³-hybridized carbons (Fsp3) is 0.150. The minimum atomic E-state index is -0.302. The van der Waals surface area contributed by atoms with E-state index in [1.165, 1.54) is 0 Å². The maximum atomic E-state index is 12.4. The number of para-hydroxylation sites is 1. The highest BCUT2D eigenvalue weighted by Gasteiger charge is 2.12. The van der Waals surface area contributed by atoms with E-state index in [1.54, 1.807) is 41.2 Å². The van der Waals surface area contributed by atoms with Crippen molar-refractivity contribution in [3.8, 4) is 5.69 Å². The molecule has 0 bridgehead atoms. The van der Waals surface area contributed by atoms with Crippen LogP contribution in [0.4, 0.5) is 0 Å². The van der Waals surface area contributed by atoms with Crippen molar-refractivity contribution < 1.29 is 9.59 Å². The van der Waals surface area contributed by atoms with E-state index >= 15 is 0 Å². The van der Waals surface area contributed by atoms with Gasteiger partial charge in [-0.25, -0.2) is 4.68 Å². The average Bonchev–Trinajstić information content (AvgIpc) is 3.17. The Kier molecular flexibility index (Phi) is 5.88. The fourth-order valence-corrected chi connectivity index (χ4v) is 2.80. The van der Waals surface area contributed by atoms with Gasteiger partial charge in [0.1, 0.15) is 0 Å². The van der Waals surface area contributed by atoms with E-state index < -0.39 is 0 Å². The van der Waals surface area contributed by atoms with E-state index in [-0.39, 0.29) is 17.5 Å². The Morgan fingerprint density at radius 2 is 1.85 bits per heavy atom. The number of hydrogen-bond donors (Lipinski definition) is 2. The predicted octanol–water partition coefficient (Wildman–Crippen LogP) is 3.21. The second-order valence-electron chi connectivity index (χ2n) is 5.84. The SMILES string of the molecule is CCNC(=O)c1cccc(CNC(=O)c2ccn(-c3ccccc3Cl)n2)c1. The minimum Gasteiger partial charge on any atom is -0.352 e. The lowest BCUT2D eigenvalue weighted by atomic mass is 10.1. The molecule has 0 spiro atoms. The lowest BCUT2D eigenvalue weighted by Crippen LogP contribution is -2.25. The molecule has 0 aliphatic rings. The van der Waals surface area contributed by atoms with Gasteiger partial charge < -0.3 is 10.6 Å². The molecule has 3 rings (SSSR count). The van der Waals surface area contributed by atoms with Crippen LogP contribution in [0.15, 0.2) is 60.8 Å². The van der Waals surface area contributed by atoms with Crippen LogP contribution in [-0.4, -0.2) is 28.1 Å². The molecule has 7 heteroatoms. The van der Waals surface area contributed by atoms with Gasteiger partial charge in [0.05, 0.1) is 10.7 Å². The summed E-state index contributed by atoms with van der Waals surface area (Å²) in [4.78, 5) is 24.3. The number of carbonyl (C=O) groups excluding carboxylic acids is 2. The molecular weight excluding hydrogens is 364 g/mol. The van der Waals surface area contributed by atoms with Crippen LogP contribution < -0.4 is 10.6 Å². The Labute approximate surface area is 162 Å². The largest absolute Gasteiger partial charge is 0.352 e. The van der Waals surface area contributed by atoms with Crippen LogP contribution >= 0.6 is 11.6 Å². The molecule has 0 unspecified atom stereocenters. The van der Waals surface area contributed by atoms with Crippen LogP contribution in [0.3, 0.4) is 0 Å². The van der Waals surface area contributed by atoms with Crippen molar-refractivity contribution in [3.05, 3.63) is 82.6 Å². The summed E-state index contributed by atoms with van der Waals surface area (Å²) >= 11 is 6.16. The molecule has 138 valence electrons. The monoisotopic (exact) mass is 382 g/mol. The number of nitrogens with zero attached hydrogens (tertiary/aromatic N) is 2. The third kappa shape index (κ3) is 4.54. The summed E-state index contributed by atoms with van der Waals surface area (Å²) in [6.45, 7) is 2.72.